The van der Waals surface area contributed by atoms with E-state index in [1.54, 1.807) is 24.4 Å². The van der Waals surface area contributed by atoms with Gasteiger partial charge in [0.1, 0.15) is 21.5 Å². The Morgan fingerprint density at radius 2 is 1.72 bits per heavy atom. The molecule has 1 N–H and O–H groups in total. The number of anilines is 1. The fourth-order valence-electron chi connectivity index (χ4n) is 6.78. The molecule has 3 heterocycles. The molecule has 248 valence electrons. The molecule has 0 amide bonds. The molecule has 1 aliphatic heterocycles. The van der Waals surface area contributed by atoms with Crippen LogP contribution in [0.25, 0.3) is 21.8 Å². The topological polar surface area (TPSA) is 84.8 Å². The van der Waals surface area contributed by atoms with Gasteiger partial charge in [-0.05, 0) is 92.2 Å². The second kappa shape index (κ2) is 12.4. The summed E-state index contributed by atoms with van der Waals surface area (Å²) in [4.78, 5) is 13.6. The summed E-state index contributed by atoms with van der Waals surface area (Å²) in [5, 5.41) is 4.39. The summed E-state index contributed by atoms with van der Waals surface area (Å²) in [5.41, 5.74) is -0.0440. The van der Waals surface area contributed by atoms with Gasteiger partial charge in [0.05, 0.1) is 27.6 Å². The number of halogens is 5. The number of benzene rings is 2. The first-order chi connectivity index (χ1) is 22.4. The van der Waals surface area contributed by atoms with E-state index in [4.69, 9.17) is 9.97 Å². The molecule has 6 nitrogen and oxygen atoms in total. The number of nitrogens with zero attached hydrogens (tertiary/aromatic N) is 3. The monoisotopic (exact) mass is 706 g/mol. The molecule has 4 fully saturated rings. The third-order valence-electron chi connectivity index (χ3n) is 9.34. The molecule has 2 aromatic heterocycles. The van der Waals surface area contributed by atoms with Gasteiger partial charge in [0.2, 0.25) is 5.95 Å². The SMILES string of the molecule is O=S(=O)(CCCc1cccc(-c2nc(C34CC(C3)C4)sc2-c2ccnc(NC3CCSCC3)n2)c1F)c1c(F)cccc1C(F)(F)F. The largest absolute Gasteiger partial charge is 0.417 e. The lowest BCUT2D eigenvalue weighted by Crippen LogP contribution is -2.55. The number of nitrogens with one attached hydrogen (secondary N) is 1. The molecule has 14 heteroatoms. The van der Waals surface area contributed by atoms with Crippen LogP contribution >= 0.6 is 23.1 Å². The lowest BCUT2D eigenvalue weighted by molar-refractivity contribution is -0.140. The number of hydrogen-bond donors (Lipinski definition) is 1. The van der Waals surface area contributed by atoms with Crippen molar-refractivity contribution in [3.8, 4) is 21.8 Å². The quantitative estimate of drug-likeness (QED) is 0.166. The van der Waals surface area contributed by atoms with Crippen molar-refractivity contribution in [2.75, 3.05) is 22.6 Å². The highest BCUT2D eigenvalue weighted by Crippen LogP contribution is 2.66. The molecule has 1 saturated heterocycles. The summed E-state index contributed by atoms with van der Waals surface area (Å²) < 4.78 is 97.0. The molecule has 47 heavy (non-hydrogen) atoms. The van der Waals surface area contributed by atoms with E-state index in [1.807, 2.05) is 11.8 Å². The van der Waals surface area contributed by atoms with Crippen molar-refractivity contribution in [1.29, 1.82) is 0 Å². The molecule has 0 unspecified atom stereocenters. The van der Waals surface area contributed by atoms with Crippen LogP contribution in [0.1, 0.15) is 54.7 Å². The number of thioether (sulfide) groups is 1. The van der Waals surface area contributed by atoms with Crippen molar-refractivity contribution in [2.45, 2.75) is 67.5 Å². The van der Waals surface area contributed by atoms with Gasteiger partial charge in [0.15, 0.2) is 9.84 Å². The third-order valence-corrected chi connectivity index (χ3v) is 13.6. The van der Waals surface area contributed by atoms with Crippen molar-refractivity contribution < 1.29 is 30.4 Å². The predicted molar refractivity (Wildman–Crippen MR) is 173 cm³/mol. The summed E-state index contributed by atoms with van der Waals surface area (Å²) in [7, 11) is -4.66. The van der Waals surface area contributed by atoms with E-state index in [-0.39, 0.29) is 35.4 Å². The fourth-order valence-corrected chi connectivity index (χ4v) is 10.8. The van der Waals surface area contributed by atoms with Gasteiger partial charge in [0.25, 0.3) is 0 Å². The van der Waals surface area contributed by atoms with E-state index in [9.17, 15) is 26.0 Å². The number of rotatable bonds is 10. The number of thiazole rings is 1. The molecule has 4 aromatic rings. The molecule has 2 bridgehead atoms. The standard InChI is InChI=1S/C33H31F5N4O2S3/c34-24-8-2-7-23(33(36,37)38)29(24)47(43,44)15-3-5-20-4-1-6-22(26(20)35)27-28(46-30(42-27)32-16-19(17-32)18-32)25-9-12-39-31(41-25)40-21-10-13-45-14-11-21/h1-2,4,6-9,12,19,21H,3,5,10-11,13-18H2,(H,39,40,41). The van der Waals surface area contributed by atoms with Crippen molar-refractivity contribution in [3.63, 3.8) is 0 Å². The molecule has 2 aromatic carbocycles. The maximum Gasteiger partial charge on any atom is 0.417 e. The van der Waals surface area contributed by atoms with Crippen molar-refractivity contribution in [1.82, 2.24) is 15.0 Å². The number of alkyl halides is 3. The van der Waals surface area contributed by atoms with E-state index < -0.39 is 43.9 Å². The zero-order valence-electron chi connectivity index (χ0n) is 25.1. The lowest BCUT2D eigenvalue weighted by atomic mass is 9.45. The molecule has 3 aliphatic carbocycles. The fraction of sp³-hybridized carbons (Fsp3) is 0.424. The molecule has 0 spiro atoms. The molecule has 4 aliphatic rings. The van der Waals surface area contributed by atoms with Crippen LogP contribution < -0.4 is 5.32 Å². The summed E-state index contributed by atoms with van der Waals surface area (Å²) in [6.07, 6.45) is 1.54. The average Bonchev–Trinajstić information content (AvgIpc) is 3.41. The number of aromatic nitrogens is 3. The summed E-state index contributed by atoms with van der Waals surface area (Å²) in [6, 6.07) is 8.89. The second-order valence-electron chi connectivity index (χ2n) is 12.6. The molecular weight excluding hydrogens is 676 g/mol. The van der Waals surface area contributed by atoms with Gasteiger partial charge in [-0.3, -0.25) is 0 Å². The van der Waals surface area contributed by atoms with E-state index in [2.05, 4.69) is 10.3 Å². The van der Waals surface area contributed by atoms with Crippen LogP contribution in [-0.4, -0.2) is 46.7 Å². The Labute approximate surface area is 277 Å². The Bertz CT molecular complexity index is 1910. The first-order valence-electron chi connectivity index (χ1n) is 15.5. The van der Waals surface area contributed by atoms with Crippen LogP contribution in [0, 0.1) is 17.6 Å². The Balaban J connectivity index is 1.17. The van der Waals surface area contributed by atoms with E-state index in [0.29, 0.717) is 40.3 Å². The molecule has 8 rings (SSSR count). The highest BCUT2D eigenvalue weighted by atomic mass is 32.2. The van der Waals surface area contributed by atoms with E-state index >= 15 is 4.39 Å². The average molecular weight is 707 g/mol. The maximum absolute atomic E-state index is 16.2. The van der Waals surface area contributed by atoms with Gasteiger partial charge in [-0.2, -0.15) is 24.9 Å². The first-order valence-corrected chi connectivity index (χ1v) is 19.1. The number of hydrogen-bond acceptors (Lipinski definition) is 8. The van der Waals surface area contributed by atoms with Crippen molar-refractivity contribution >= 4 is 38.9 Å². The molecule has 3 saturated carbocycles. The van der Waals surface area contributed by atoms with Crippen LogP contribution in [-0.2, 0) is 27.8 Å². The van der Waals surface area contributed by atoms with Crippen LogP contribution in [0.15, 0.2) is 53.6 Å². The van der Waals surface area contributed by atoms with Crippen LogP contribution in [0.2, 0.25) is 0 Å². The third kappa shape index (κ3) is 6.28. The lowest BCUT2D eigenvalue weighted by Gasteiger charge is -2.60. The Morgan fingerprint density at radius 1 is 0.979 bits per heavy atom. The molecule has 0 radical (unpaired) electrons. The summed E-state index contributed by atoms with van der Waals surface area (Å²) in [5.74, 6) is 0.516. The second-order valence-corrected chi connectivity index (χ2v) is 16.8. The number of aryl methyl sites for hydroxylation is 1. The minimum Gasteiger partial charge on any atom is -0.351 e. The van der Waals surface area contributed by atoms with Crippen molar-refractivity contribution in [2.24, 2.45) is 5.92 Å². The normalized spacial score (nSPS) is 21.3. The first kappa shape index (κ1) is 32.4. The Hall–Kier alpha value is -3.10. The van der Waals surface area contributed by atoms with Crippen LogP contribution in [0.5, 0.6) is 0 Å². The Morgan fingerprint density at radius 3 is 2.43 bits per heavy atom. The maximum atomic E-state index is 16.2. The van der Waals surface area contributed by atoms with Gasteiger partial charge >= 0.3 is 6.18 Å². The molecular formula is C33H31F5N4O2S3. The Kier molecular flexibility index (Phi) is 8.57. The van der Waals surface area contributed by atoms with E-state index in [1.165, 1.54) is 17.4 Å². The van der Waals surface area contributed by atoms with E-state index in [0.717, 1.165) is 54.7 Å². The highest BCUT2D eigenvalue weighted by Gasteiger charge is 2.59. The number of sulfone groups is 1. The smallest absolute Gasteiger partial charge is 0.351 e. The van der Waals surface area contributed by atoms with Crippen LogP contribution in [0.3, 0.4) is 0 Å². The van der Waals surface area contributed by atoms with Gasteiger partial charge in [0, 0.05) is 23.2 Å². The zero-order valence-corrected chi connectivity index (χ0v) is 27.6. The van der Waals surface area contributed by atoms with Gasteiger partial charge in [-0.25, -0.2) is 32.2 Å². The van der Waals surface area contributed by atoms with Gasteiger partial charge < -0.3 is 5.32 Å². The minimum absolute atomic E-state index is 0.0145. The van der Waals surface area contributed by atoms with Crippen molar-refractivity contribution in [3.05, 3.63) is 76.4 Å². The predicted octanol–water partition coefficient (Wildman–Crippen LogP) is 8.33. The summed E-state index contributed by atoms with van der Waals surface area (Å²) >= 11 is 3.44. The zero-order chi connectivity index (χ0) is 33.0. The highest BCUT2D eigenvalue weighted by molar-refractivity contribution is 7.99. The van der Waals surface area contributed by atoms with Crippen LogP contribution in [0.4, 0.5) is 27.9 Å². The minimum atomic E-state index is -5.05. The molecule has 0 atom stereocenters. The van der Waals surface area contributed by atoms with Gasteiger partial charge in [-0.1, -0.05) is 18.2 Å². The summed E-state index contributed by atoms with van der Waals surface area (Å²) in [6.45, 7) is 0. The van der Waals surface area contributed by atoms with Gasteiger partial charge in [-0.15, -0.1) is 11.3 Å².